The maximum atomic E-state index is 12.0. The lowest BCUT2D eigenvalue weighted by atomic mass is 10.2. The van der Waals surface area contributed by atoms with Gasteiger partial charge in [-0.1, -0.05) is 23.7 Å². The molecule has 0 aliphatic rings. The number of amides is 1. The van der Waals surface area contributed by atoms with Gasteiger partial charge >= 0.3 is 5.97 Å². The van der Waals surface area contributed by atoms with E-state index in [1.54, 1.807) is 18.2 Å². The number of halogens is 1. The lowest BCUT2D eigenvalue weighted by Gasteiger charge is -2.08. The number of sulfonamides is 1. The van der Waals surface area contributed by atoms with Crippen molar-refractivity contribution in [2.75, 3.05) is 11.9 Å². The van der Waals surface area contributed by atoms with Crippen LogP contribution in [0.1, 0.15) is 15.9 Å². The van der Waals surface area contributed by atoms with Gasteiger partial charge < -0.3 is 10.1 Å². The quantitative estimate of drug-likeness (QED) is 0.768. The largest absolute Gasteiger partial charge is 0.452 e. The second-order valence-corrected chi connectivity index (χ2v) is 7.12. The second kappa shape index (κ2) is 7.64. The Kier molecular flexibility index (Phi) is 5.78. The fourth-order valence-electron chi connectivity index (χ4n) is 1.98. The van der Waals surface area contributed by atoms with Gasteiger partial charge in [-0.2, -0.15) is 0 Å². The van der Waals surface area contributed by atoms with Crippen molar-refractivity contribution >= 4 is 39.2 Å². The number of anilines is 1. The molecule has 0 aliphatic carbocycles. The van der Waals surface area contributed by atoms with Crippen molar-refractivity contribution in [2.45, 2.75) is 11.8 Å². The minimum atomic E-state index is -4.08. The Morgan fingerprint density at radius 2 is 1.92 bits per heavy atom. The maximum Gasteiger partial charge on any atom is 0.338 e. The van der Waals surface area contributed by atoms with Crippen molar-refractivity contribution in [1.82, 2.24) is 0 Å². The van der Waals surface area contributed by atoms with Gasteiger partial charge in [0.15, 0.2) is 6.61 Å². The first-order chi connectivity index (χ1) is 11.7. The fourth-order valence-corrected chi connectivity index (χ4v) is 3.05. The third kappa shape index (κ3) is 5.28. The van der Waals surface area contributed by atoms with Crippen LogP contribution < -0.4 is 10.5 Å². The molecule has 0 saturated heterocycles. The first-order valence-corrected chi connectivity index (χ1v) is 8.95. The van der Waals surface area contributed by atoms with Crippen molar-refractivity contribution in [3.63, 3.8) is 0 Å². The van der Waals surface area contributed by atoms with E-state index in [0.717, 1.165) is 11.6 Å². The predicted molar refractivity (Wildman–Crippen MR) is 92.9 cm³/mol. The molecule has 2 aromatic carbocycles. The lowest BCUT2D eigenvalue weighted by molar-refractivity contribution is -0.119. The molecule has 1 amide bonds. The van der Waals surface area contributed by atoms with E-state index >= 15 is 0 Å². The van der Waals surface area contributed by atoms with Gasteiger partial charge in [0.25, 0.3) is 5.91 Å². The SMILES string of the molecule is Cc1cccc(NC(=O)COC(=O)c2ccc(Cl)c(S(N)(=O)=O)c2)c1. The Labute approximate surface area is 149 Å². The van der Waals surface area contributed by atoms with Crippen molar-refractivity contribution in [3.8, 4) is 0 Å². The number of esters is 1. The highest BCUT2D eigenvalue weighted by molar-refractivity contribution is 7.89. The number of carbonyl (C=O) groups excluding carboxylic acids is 2. The molecule has 2 aromatic rings. The van der Waals surface area contributed by atoms with E-state index < -0.39 is 33.4 Å². The Hall–Kier alpha value is -2.42. The Balaban J connectivity index is 2.02. The Bertz CT molecular complexity index is 928. The van der Waals surface area contributed by atoms with E-state index in [0.29, 0.717) is 5.69 Å². The normalized spacial score (nSPS) is 11.0. The number of hydrogen-bond donors (Lipinski definition) is 2. The molecule has 0 fully saturated rings. The number of primary sulfonamides is 1. The lowest BCUT2D eigenvalue weighted by Crippen LogP contribution is -2.21. The van der Waals surface area contributed by atoms with Gasteiger partial charge in [0.1, 0.15) is 4.90 Å². The molecule has 3 N–H and O–H groups in total. The molecule has 0 aromatic heterocycles. The van der Waals surface area contributed by atoms with Crippen LogP contribution in [-0.4, -0.2) is 26.9 Å². The number of benzene rings is 2. The second-order valence-electron chi connectivity index (χ2n) is 5.18. The molecular formula is C16H15ClN2O5S. The molecule has 0 bridgehead atoms. The minimum absolute atomic E-state index is 0.0863. The van der Waals surface area contributed by atoms with Crippen molar-refractivity contribution in [3.05, 3.63) is 58.6 Å². The number of hydrogen-bond acceptors (Lipinski definition) is 5. The summed E-state index contributed by atoms with van der Waals surface area (Å²) >= 11 is 5.74. The molecule has 2 rings (SSSR count). The van der Waals surface area contributed by atoms with Crippen LogP contribution in [0.4, 0.5) is 5.69 Å². The zero-order valence-electron chi connectivity index (χ0n) is 13.2. The van der Waals surface area contributed by atoms with Crippen molar-refractivity contribution in [1.29, 1.82) is 0 Å². The Morgan fingerprint density at radius 3 is 2.56 bits per heavy atom. The summed E-state index contributed by atoms with van der Waals surface area (Å²) < 4.78 is 27.7. The summed E-state index contributed by atoms with van der Waals surface area (Å²) in [6.07, 6.45) is 0. The molecule has 0 unspecified atom stereocenters. The number of rotatable bonds is 5. The summed E-state index contributed by atoms with van der Waals surface area (Å²) in [6.45, 7) is 1.35. The zero-order valence-corrected chi connectivity index (χ0v) is 14.7. The molecular weight excluding hydrogens is 368 g/mol. The number of nitrogens with two attached hydrogens (primary N) is 1. The molecule has 0 radical (unpaired) electrons. The van der Waals surface area contributed by atoms with E-state index in [2.05, 4.69) is 5.32 Å². The molecule has 0 heterocycles. The van der Waals surface area contributed by atoms with Crippen molar-refractivity contribution in [2.24, 2.45) is 5.14 Å². The number of nitrogens with one attached hydrogen (secondary N) is 1. The van der Waals surface area contributed by atoms with Crippen LogP contribution in [0.3, 0.4) is 0 Å². The maximum absolute atomic E-state index is 12.0. The topological polar surface area (TPSA) is 116 Å². The van der Waals surface area contributed by atoms with Crippen LogP contribution in [0.2, 0.25) is 5.02 Å². The summed E-state index contributed by atoms with van der Waals surface area (Å²) in [5.74, 6) is -1.40. The first-order valence-electron chi connectivity index (χ1n) is 7.03. The van der Waals surface area contributed by atoms with Crippen LogP contribution in [0.25, 0.3) is 0 Å². The standard InChI is InChI=1S/C16H15ClN2O5S/c1-10-3-2-4-12(7-10)19-15(20)9-24-16(21)11-5-6-13(17)14(8-11)25(18,22)23/h2-8H,9H2,1H3,(H,19,20)(H2,18,22,23). The van der Waals surface area contributed by atoms with Gasteiger partial charge in [-0.15, -0.1) is 0 Å². The van der Waals surface area contributed by atoms with Gasteiger partial charge in [-0.3, -0.25) is 4.79 Å². The van der Waals surface area contributed by atoms with Gasteiger partial charge in [0, 0.05) is 5.69 Å². The summed E-state index contributed by atoms with van der Waals surface area (Å²) in [4.78, 5) is 23.4. The fraction of sp³-hybridized carbons (Fsp3) is 0.125. The zero-order chi connectivity index (χ0) is 18.6. The molecule has 0 spiro atoms. The molecule has 0 saturated carbocycles. The van der Waals surface area contributed by atoms with E-state index in [1.165, 1.54) is 12.1 Å². The van der Waals surface area contributed by atoms with E-state index in [9.17, 15) is 18.0 Å². The van der Waals surface area contributed by atoms with Crippen LogP contribution in [-0.2, 0) is 19.6 Å². The van der Waals surface area contributed by atoms with Gasteiger partial charge in [0.05, 0.1) is 10.6 Å². The molecule has 7 nitrogen and oxygen atoms in total. The summed E-state index contributed by atoms with van der Waals surface area (Å²) in [5, 5.41) is 7.49. The predicted octanol–water partition coefficient (Wildman–Crippen LogP) is 2.09. The highest BCUT2D eigenvalue weighted by Crippen LogP contribution is 2.21. The molecule has 9 heteroatoms. The first kappa shape index (κ1) is 18.9. The molecule has 0 atom stereocenters. The summed E-state index contributed by atoms with van der Waals surface area (Å²) in [6, 6.07) is 10.6. The third-order valence-corrected chi connectivity index (χ3v) is 4.50. The van der Waals surface area contributed by atoms with E-state index in [1.807, 2.05) is 13.0 Å². The van der Waals surface area contributed by atoms with Crippen LogP contribution in [0.15, 0.2) is 47.4 Å². The van der Waals surface area contributed by atoms with Crippen molar-refractivity contribution < 1.29 is 22.7 Å². The smallest absolute Gasteiger partial charge is 0.338 e. The number of ether oxygens (including phenoxy) is 1. The minimum Gasteiger partial charge on any atom is -0.452 e. The Morgan fingerprint density at radius 1 is 1.20 bits per heavy atom. The summed E-state index contributed by atoms with van der Waals surface area (Å²) in [5.41, 5.74) is 1.45. The van der Waals surface area contributed by atoms with Gasteiger partial charge in [-0.25, -0.2) is 18.4 Å². The third-order valence-electron chi connectivity index (χ3n) is 3.11. The molecule has 0 aliphatic heterocycles. The van der Waals surface area contributed by atoms with Crippen LogP contribution >= 0.6 is 11.6 Å². The highest BCUT2D eigenvalue weighted by atomic mass is 35.5. The summed E-state index contributed by atoms with van der Waals surface area (Å²) in [7, 11) is -4.08. The van der Waals surface area contributed by atoms with Gasteiger partial charge in [-0.05, 0) is 42.8 Å². The monoisotopic (exact) mass is 382 g/mol. The van der Waals surface area contributed by atoms with Crippen LogP contribution in [0, 0.1) is 6.92 Å². The highest BCUT2D eigenvalue weighted by Gasteiger charge is 2.17. The number of carbonyl (C=O) groups is 2. The van der Waals surface area contributed by atoms with Gasteiger partial charge in [0.2, 0.25) is 10.0 Å². The molecule has 132 valence electrons. The number of aryl methyl sites for hydroxylation is 1. The van der Waals surface area contributed by atoms with E-state index in [-0.39, 0.29) is 10.6 Å². The van der Waals surface area contributed by atoms with E-state index in [4.69, 9.17) is 21.5 Å². The van der Waals surface area contributed by atoms with Crippen LogP contribution in [0.5, 0.6) is 0 Å². The molecule has 25 heavy (non-hydrogen) atoms. The average Bonchev–Trinajstić information content (AvgIpc) is 2.52. The average molecular weight is 383 g/mol.